The van der Waals surface area contributed by atoms with Gasteiger partial charge in [0.05, 0.1) is 0 Å². The molecule has 0 aliphatic carbocycles. The Bertz CT molecular complexity index is 203. The molecule has 0 spiro atoms. The van der Waals surface area contributed by atoms with E-state index in [0.717, 1.165) is 0 Å². The van der Waals surface area contributed by atoms with E-state index in [1.54, 1.807) is 0 Å². The minimum atomic E-state index is 0.566. The summed E-state index contributed by atoms with van der Waals surface area (Å²) < 4.78 is 0. The highest BCUT2D eigenvalue weighted by Gasteiger charge is 2.09. The summed E-state index contributed by atoms with van der Waals surface area (Å²) in [6.07, 6.45) is 1.86. The Labute approximate surface area is 68.5 Å². The first-order valence-corrected chi connectivity index (χ1v) is 4.12. The zero-order valence-electron chi connectivity index (χ0n) is 7.41. The molecule has 0 amide bonds. The van der Waals surface area contributed by atoms with Gasteiger partial charge in [-0.2, -0.15) is 0 Å². The minimum absolute atomic E-state index is 0.566. The lowest BCUT2D eigenvalue weighted by Gasteiger charge is -2.13. The second-order valence-electron chi connectivity index (χ2n) is 3.29. The first-order chi connectivity index (χ1) is 5.22. The maximum Gasteiger partial charge on any atom is 0.0434 e. The molecule has 1 atom stereocenters. The van der Waals surface area contributed by atoms with Gasteiger partial charge in [-0.1, -0.05) is 26.8 Å². The fourth-order valence-electron chi connectivity index (χ4n) is 0.987. The van der Waals surface area contributed by atoms with Crippen molar-refractivity contribution in [1.29, 1.82) is 0 Å². The molecule has 0 unspecified atom stereocenters. The van der Waals surface area contributed by atoms with E-state index in [-0.39, 0.29) is 0 Å². The third-order valence-electron chi connectivity index (χ3n) is 2.15. The van der Waals surface area contributed by atoms with Crippen LogP contribution in [0.1, 0.15) is 32.4 Å². The van der Waals surface area contributed by atoms with Gasteiger partial charge in [0.1, 0.15) is 0 Å². The summed E-state index contributed by atoms with van der Waals surface area (Å²) in [5, 5.41) is 0. The van der Waals surface area contributed by atoms with Crippen LogP contribution in [0.15, 0.2) is 24.4 Å². The summed E-state index contributed by atoms with van der Waals surface area (Å²) in [7, 11) is 0. The number of rotatable bonds is 2. The molecule has 0 aliphatic rings. The topological polar surface area (TPSA) is 12.9 Å². The smallest absolute Gasteiger partial charge is 0.0434 e. The Balaban J connectivity index is 2.77. The highest BCUT2D eigenvalue weighted by atomic mass is 14.7. The van der Waals surface area contributed by atoms with Gasteiger partial charge in [-0.3, -0.25) is 4.98 Å². The third kappa shape index (κ3) is 2.04. The molecule has 0 radical (unpaired) electrons. The summed E-state index contributed by atoms with van der Waals surface area (Å²) in [5.74, 6) is 1.24. The van der Waals surface area contributed by atoms with Crippen LogP contribution in [0.2, 0.25) is 0 Å². The number of pyridine rings is 1. The van der Waals surface area contributed by atoms with Gasteiger partial charge in [-0.05, 0) is 18.1 Å². The van der Waals surface area contributed by atoms with E-state index in [9.17, 15) is 0 Å². The Hall–Kier alpha value is -0.850. The maximum absolute atomic E-state index is 4.30. The lowest BCUT2D eigenvalue weighted by molar-refractivity contribution is 0.523. The van der Waals surface area contributed by atoms with Gasteiger partial charge in [0.2, 0.25) is 0 Å². The van der Waals surface area contributed by atoms with E-state index in [2.05, 4.69) is 31.8 Å². The van der Waals surface area contributed by atoms with E-state index in [1.165, 1.54) is 5.69 Å². The summed E-state index contributed by atoms with van der Waals surface area (Å²) in [5.41, 5.74) is 1.20. The number of nitrogens with zero attached hydrogens (tertiary/aromatic N) is 1. The Kier molecular flexibility index (Phi) is 2.64. The highest BCUT2D eigenvalue weighted by Crippen LogP contribution is 2.20. The monoisotopic (exact) mass is 149 g/mol. The molecular weight excluding hydrogens is 134 g/mol. The van der Waals surface area contributed by atoms with Crippen molar-refractivity contribution in [3.05, 3.63) is 30.1 Å². The molecule has 1 aromatic heterocycles. The fourth-order valence-corrected chi connectivity index (χ4v) is 0.987. The normalized spacial score (nSPS) is 13.5. The van der Waals surface area contributed by atoms with Gasteiger partial charge < -0.3 is 0 Å². The van der Waals surface area contributed by atoms with Crippen LogP contribution in [-0.4, -0.2) is 4.98 Å². The Morgan fingerprint density at radius 3 is 2.36 bits per heavy atom. The SMILES string of the molecule is CC(C)[C@H](C)c1ccccn1. The summed E-state index contributed by atoms with van der Waals surface area (Å²) in [6, 6.07) is 6.09. The van der Waals surface area contributed by atoms with Crippen molar-refractivity contribution in [3.63, 3.8) is 0 Å². The van der Waals surface area contributed by atoms with Gasteiger partial charge in [0, 0.05) is 17.8 Å². The molecule has 0 bridgehead atoms. The zero-order valence-corrected chi connectivity index (χ0v) is 7.41. The van der Waals surface area contributed by atoms with Gasteiger partial charge >= 0.3 is 0 Å². The van der Waals surface area contributed by atoms with Crippen LogP contribution < -0.4 is 0 Å². The van der Waals surface area contributed by atoms with Crippen molar-refractivity contribution in [2.45, 2.75) is 26.7 Å². The van der Waals surface area contributed by atoms with Crippen LogP contribution in [0.25, 0.3) is 0 Å². The predicted octanol–water partition coefficient (Wildman–Crippen LogP) is 2.84. The second kappa shape index (κ2) is 3.51. The van der Waals surface area contributed by atoms with Gasteiger partial charge in [0.15, 0.2) is 0 Å². The summed E-state index contributed by atoms with van der Waals surface area (Å²) in [4.78, 5) is 4.30. The first kappa shape index (κ1) is 8.25. The zero-order chi connectivity index (χ0) is 8.27. The van der Waals surface area contributed by atoms with Crippen LogP contribution >= 0.6 is 0 Å². The van der Waals surface area contributed by atoms with E-state index < -0.39 is 0 Å². The van der Waals surface area contributed by atoms with Crippen LogP contribution in [0.4, 0.5) is 0 Å². The number of hydrogen-bond donors (Lipinski definition) is 0. The summed E-state index contributed by atoms with van der Waals surface area (Å²) in [6.45, 7) is 6.66. The highest BCUT2D eigenvalue weighted by molar-refractivity contribution is 5.08. The van der Waals surface area contributed by atoms with E-state index >= 15 is 0 Å². The van der Waals surface area contributed by atoms with Crippen LogP contribution in [-0.2, 0) is 0 Å². The molecule has 60 valence electrons. The van der Waals surface area contributed by atoms with E-state index in [1.807, 2.05) is 18.3 Å². The molecule has 0 saturated heterocycles. The molecule has 0 N–H and O–H groups in total. The molecule has 0 fully saturated rings. The molecule has 1 heteroatoms. The molecule has 1 nitrogen and oxygen atoms in total. The molecular formula is C10H15N. The quantitative estimate of drug-likeness (QED) is 0.630. The van der Waals surface area contributed by atoms with Crippen LogP contribution in [0, 0.1) is 5.92 Å². The van der Waals surface area contributed by atoms with Gasteiger partial charge in [-0.15, -0.1) is 0 Å². The van der Waals surface area contributed by atoms with E-state index in [0.29, 0.717) is 11.8 Å². The molecule has 0 aromatic carbocycles. The largest absolute Gasteiger partial charge is 0.261 e. The van der Waals surface area contributed by atoms with Crippen LogP contribution in [0.3, 0.4) is 0 Å². The van der Waals surface area contributed by atoms with Gasteiger partial charge in [-0.25, -0.2) is 0 Å². The average molecular weight is 149 g/mol. The van der Waals surface area contributed by atoms with Gasteiger partial charge in [0.25, 0.3) is 0 Å². The third-order valence-corrected chi connectivity index (χ3v) is 2.15. The van der Waals surface area contributed by atoms with E-state index in [4.69, 9.17) is 0 Å². The first-order valence-electron chi connectivity index (χ1n) is 4.12. The molecule has 0 aliphatic heterocycles. The molecule has 11 heavy (non-hydrogen) atoms. The number of hydrogen-bond acceptors (Lipinski definition) is 1. The van der Waals surface area contributed by atoms with Crippen molar-refractivity contribution in [1.82, 2.24) is 4.98 Å². The Morgan fingerprint density at radius 2 is 1.91 bits per heavy atom. The standard InChI is InChI=1S/C10H15N/c1-8(2)9(3)10-6-4-5-7-11-10/h4-9H,1-3H3/t9-/m0/s1. The fraction of sp³-hybridized carbons (Fsp3) is 0.500. The van der Waals surface area contributed by atoms with Crippen LogP contribution in [0.5, 0.6) is 0 Å². The van der Waals surface area contributed by atoms with Crippen molar-refractivity contribution in [2.24, 2.45) is 5.92 Å². The second-order valence-corrected chi connectivity index (χ2v) is 3.29. The summed E-state index contributed by atoms with van der Waals surface area (Å²) >= 11 is 0. The lowest BCUT2D eigenvalue weighted by atomic mass is 9.94. The molecule has 1 heterocycles. The minimum Gasteiger partial charge on any atom is -0.261 e. The average Bonchev–Trinajstić information content (AvgIpc) is 2.05. The lowest BCUT2D eigenvalue weighted by Crippen LogP contribution is -2.03. The van der Waals surface area contributed by atoms with Crippen molar-refractivity contribution < 1.29 is 0 Å². The van der Waals surface area contributed by atoms with Crippen molar-refractivity contribution in [2.75, 3.05) is 0 Å². The maximum atomic E-state index is 4.30. The van der Waals surface area contributed by atoms with Crippen molar-refractivity contribution >= 4 is 0 Å². The number of aromatic nitrogens is 1. The predicted molar refractivity (Wildman–Crippen MR) is 47.5 cm³/mol. The van der Waals surface area contributed by atoms with Crippen molar-refractivity contribution in [3.8, 4) is 0 Å². The molecule has 0 saturated carbocycles. The molecule has 1 rings (SSSR count). The molecule has 1 aromatic rings. The Morgan fingerprint density at radius 1 is 1.18 bits per heavy atom.